The molecule has 0 aliphatic heterocycles. The number of hydrogen-bond donors (Lipinski definition) is 1. The number of hydrogen-bond acceptors (Lipinski definition) is 5. The van der Waals surface area contributed by atoms with Gasteiger partial charge in [0, 0.05) is 42.5 Å². The van der Waals surface area contributed by atoms with Crippen LogP contribution in [-0.2, 0) is 12.7 Å². The molecule has 0 saturated heterocycles. The van der Waals surface area contributed by atoms with E-state index in [4.69, 9.17) is 0 Å². The first-order valence-corrected chi connectivity index (χ1v) is 9.09. The Hall–Kier alpha value is -3.81. The second-order valence-electron chi connectivity index (χ2n) is 6.46. The number of halogens is 3. The third-order valence-electron chi connectivity index (χ3n) is 4.39. The molecule has 0 spiro atoms. The van der Waals surface area contributed by atoms with E-state index in [9.17, 15) is 13.2 Å². The fraction of sp³-hybridized carbons (Fsp3) is 0.0909. The summed E-state index contributed by atoms with van der Waals surface area (Å²) >= 11 is 0. The molecule has 0 amide bonds. The predicted octanol–water partition coefficient (Wildman–Crippen LogP) is 5.23. The number of aromatic nitrogens is 4. The quantitative estimate of drug-likeness (QED) is 0.491. The highest BCUT2D eigenvalue weighted by Crippen LogP contribution is 2.35. The smallest absolute Gasteiger partial charge is 0.350 e. The lowest BCUT2D eigenvalue weighted by Gasteiger charge is -2.13. The minimum absolute atomic E-state index is 0.107. The summed E-state index contributed by atoms with van der Waals surface area (Å²) in [7, 11) is 0. The van der Waals surface area contributed by atoms with Crippen LogP contribution in [0.1, 0.15) is 11.1 Å². The van der Waals surface area contributed by atoms with Crippen molar-refractivity contribution >= 4 is 5.95 Å². The van der Waals surface area contributed by atoms with Crippen LogP contribution in [0.5, 0.6) is 0 Å². The second-order valence-corrected chi connectivity index (χ2v) is 6.46. The Morgan fingerprint density at radius 3 is 2.30 bits per heavy atom. The molecule has 4 rings (SSSR count). The minimum Gasteiger partial charge on any atom is -0.350 e. The van der Waals surface area contributed by atoms with Crippen LogP contribution in [-0.4, -0.2) is 19.9 Å². The Morgan fingerprint density at radius 2 is 1.63 bits per heavy atom. The Kier molecular flexibility index (Phi) is 5.38. The molecule has 0 atom stereocenters. The van der Waals surface area contributed by atoms with Crippen molar-refractivity contribution in [1.29, 1.82) is 0 Å². The van der Waals surface area contributed by atoms with Gasteiger partial charge in [0.1, 0.15) is 5.56 Å². The van der Waals surface area contributed by atoms with Gasteiger partial charge in [-0.2, -0.15) is 13.2 Å². The van der Waals surface area contributed by atoms with Crippen molar-refractivity contribution in [2.45, 2.75) is 12.7 Å². The monoisotopic (exact) mass is 407 g/mol. The van der Waals surface area contributed by atoms with Gasteiger partial charge in [0.05, 0.1) is 11.4 Å². The van der Waals surface area contributed by atoms with Gasteiger partial charge in [-0.15, -0.1) is 0 Å². The Labute approximate surface area is 170 Å². The van der Waals surface area contributed by atoms with E-state index in [0.717, 1.165) is 23.0 Å². The number of anilines is 1. The molecule has 5 nitrogen and oxygen atoms in total. The number of rotatable bonds is 5. The molecule has 8 heteroatoms. The van der Waals surface area contributed by atoms with Gasteiger partial charge in [0.25, 0.3) is 0 Å². The van der Waals surface area contributed by atoms with Gasteiger partial charge < -0.3 is 5.32 Å². The molecule has 150 valence electrons. The molecule has 0 unspecified atom stereocenters. The molecule has 0 aliphatic carbocycles. The molecule has 4 aromatic rings. The van der Waals surface area contributed by atoms with Crippen LogP contribution < -0.4 is 5.32 Å². The van der Waals surface area contributed by atoms with Gasteiger partial charge in [0.15, 0.2) is 0 Å². The number of nitrogens with zero attached hydrogens (tertiary/aromatic N) is 4. The first-order chi connectivity index (χ1) is 14.5. The molecule has 1 N–H and O–H groups in total. The zero-order valence-corrected chi connectivity index (χ0v) is 15.6. The van der Waals surface area contributed by atoms with Gasteiger partial charge >= 0.3 is 6.18 Å². The van der Waals surface area contributed by atoms with Crippen LogP contribution in [0.4, 0.5) is 19.1 Å². The lowest BCUT2D eigenvalue weighted by atomic mass is 10.1. The largest absolute Gasteiger partial charge is 0.419 e. The maximum Gasteiger partial charge on any atom is 0.419 e. The first kappa shape index (κ1) is 19.5. The highest BCUT2D eigenvalue weighted by Gasteiger charge is 2.35. The summed E-state index contributed by atoms with van der Waals surface area (Å²) in [4.78, 5) is 16.1. The maximum absolute atomic E-state index is 13.4. The fourth-order valence-electron chi connectivity index (χ4n) is 2.91. The third kappa shape index (κ3) is 4.43. The number of alkyl halides is 3. The Balaban J connectivity index is 1.54. The number of pyridine rings is 2. The van der Waals surface area contributed by atoms with Gasteiger partial charge in [-0.25, -0.2) is 9.97 Å². The first-order valence-electron chi connectivity index (χ1n) is 9.09. The van der Waals surface area contributed by atoms with Crippen molar-refractivity contribution in [3.8, 4) is 22.5 Å². The van der Waals surface area contributed by atoms with E-state index < -0.39 is 11.7 Å². The van der Waals surface area contributed by atoms with Gasteiger partial charge in [-0.1, -0.05) is 30.3 Å². The average molecular weight is 407 g/mol. The molecule has 0 saturated carbocycles. The average Bonchev–Trinajstić information content (AvgIpc) is 2.78. The standard InChI is InChI=1S/C22H16F3N5/c23-22(24,25)18-14-29-21(30-20(18)17-4-3-10-26-13-17)28-12-15-6-8-16(9-7-15)19-5-1-2-11-27-19/h1-11,13-14H,12H2,(H,28,29,30). The van der Waals surface area contributed by atoms with Crippen LogP contribution in [0.15, 0.2) is 79.4 Å². The lowest BCUT2D eigenvalue weighted by Crippen LogP contribution is -2.12. The van der Waals surface area contributed by atoms with Crippen molar-refractivity contribution in [1.82, 2.24) is 19.9 Å². The van der Waals surface area contributed by atoms with E-state index >= 15 is 0 Å². The lowest BCUT2D eigenvalue weighted by molar-refractivity contribution is -0.137. The van der Waals surface area contributed by atoms with Crippen molar-refractivity contribution in [3.05, 3.63) is 90.5 Å². The van der Waals surface area contributed by atoms with Gasteiger partial charge in [-0.05, 0) is 29.8 Å². The van der Waals surface area contributed by atoms with Gasteiger partial charge in [-0.3, -0.25) is 9.97 Å². The van der Waals surface area contributed by atoms with E-state index in [1.165, 1.54) is 18.5 Å². The number of nitrogens with one attached hydrogen (secondary N) is 1. The predicted molar refractivity (Wildman–Crippen MR) is 107 cm³/mol. The van der Waals surface area contributed by atoms with Crippen LogP contribution in [0.25, 0.3) is 22.5 Å². The highest BCUT2D eigenvalue weighted by atomic mass is 19.4. The number of benzene rings is 1. The molecule has 30 heavy (non-hydrogen) atoms. The SMILES string of the molecule is FC(F)(F)c1cnc(NCc2ccc(-c3ccccn3)cc2)nc1-c1cccnc1. The summed E-state index contributed by atoms with van der Waals surface area (Å²) in [6, 6.07) is 16.5. The van der Waals surface area contributed by atoms with Gasteiger partial charge in [0.2, 0.25) is 5.95 Å². The summed E-state index contributed by atoms with van der Waals surface area (Å²) in [5.74, 6) is 0.107. The van der Waals surface area contributed by atoms with E-state index in [-0.39, 0.29) is 17.2 Å². The zero-order chi connectivity index (χ0) is 21.0. The molecule has 0 aliphatic rings. The van der Waals surface area contributed by atoms with Crippen LogP contribution in [0, 0.1) is 0 Å². The summed E-state index contributed by atoms with van der Waals surface area (Å²) in [6.45, 7) is 0.361. The summed E-state index contributed by atoms with van der Waals surface area (Å²) in [5.41, 5.74) is 1.93. The molecular weight excluding hydrogens is 391 g/mol. The normalized spacial score (nSPS) is 11.3. The van der Waals surface area contributed by atoms with Crippen molar-refractivity contribution in [2.24, 2.45) is 0 Å². The topological polar surface area (TPSA) is 63.6 Å². The zero-order valence-electron chi connectivity index (χ0n) is 15.6. The van der Waals surface area contributed by atoms with E-state index in [1.54, 1.807) is 12.3 Å². The van der Waals surface area contributed by atoms with Crippen LogP contribution in [0.3, 0.4) is 0 Å². The summed E-state index contributed by atoms with van der Waals surface area (Å²) in [5, 5.41) is 2.98. The molecule has 3 aromatic heterocycles. The highest BCUT2D eigenvalue weighted by molar-refractivity contribution is 5.64. The Bertz CT molecular complexity index is 1120. The van der Waals surface area contributed by atoms with Crippen LogP contribution >= 0.6 is 0 Å². The van der Waals surface area contributed by atoms with E-state index in [0.29, 0.717) is 6.54 Å². The van der Waals surface area contributed by atoms with Crippen molar-refractivity contribution in [2.75, 3.05) is 5.32 Å². The minimum atomic E-state index is -4.56. The van der Waals surface area contributed by atoms with Crippen molar-refractivity contribution in [3.63, 3.8) is 0 Å². The maximum atomic E-state index is 13.4. The van der Waals surface area contributed by atoms with Crippen molar-refractivity contribution < 1.29 is 13.2 Å². The molecule has 0 radical (unpaired) electrons. The summed E-state index contributed by atoms with van der Waals surface area (Å²) < 4.78 is 40.1. The van der Waals surface area contributed by atoms with E-state index in [1.807, 2.05) is 42.5 Å². The van der Waals surface area contributed by atoms with Crippen LogP contribution in [0.2, 0.25) is 0 Å². The third-order valence-corrected chi connectivity index (χ3v) is 4.39. The fourth-order valence-corrected chi connectivity index (χ4v) is 2.91. The van der Waals surface area contributed by atoms with E-state index in [2.05, 4.69) is 25.3 Å². The molecule has 1 aromatic carbocycles. The Morgan fingerprint density at radius 1 is 0.800 bits per heavy atom. The molecular formula is C22H16F3N5. The molecule has 0 fully saturated rings. The summed E-state index contributed by atoms with van der Waals surface area (Å²) in [6.07, 6.45) is 0.795. The molecule has 0 bridgehead atoms. The molecule has 3 heterocycles. The second kappa shape index (κ2) is 8.28.